The molecule has 0 bridgehead atoms. The molecule has 0 spiro atoms. The van der Waals surface area contributed by atoms with Crippen molar-refractivity contribution in [1.82, 2.24) is 0 Å². The number of aliphatic hydroxyl groups excluding tert-OH is 21. The van der Waals surface area contributed by atoms with Gasteiger partial charge < -0.3 is 107 Å². The molecule has 35 N–H and O–H groups in total. The van der Waals surface area contributed by atoms with Gasteiger partial charge in [0.25, 0.3) is 0 Å². The molecule has 0 unspecified atom stereocenters. The Morgan fingerprint density at radius 3 is 0.655 bits per heavy atom. The van der Waals surface area contributed by atoms with Crippen LogP contribution in [0.1, 0.15) is 0 Å². The highest BCUT2D eigenvalue weighted by Gasteiger charge is 2.65. The average molecular weight is 834 g/mol. The lowest BCUT2D eigenvalue weighted by atomic mass is 9.88. The van der Waals surface area contributed by atoms with Crippen molar-refractivity contribution < 1.29 is 122 Å². The van der Waals surface area contributed by atoms with Crippen LogP contribution in [0.4, 0.5) is 0 Å². The number of rotatable bonds is 23. The van der Waals surface area contributed by atoms with Crippen molar-refractivity contribution in [2.24, 2.45) is 40.6 Å². The lowest BCUT2D eigenvalue weighted by molar-refractivity contribution is -0.325. The van der Waals surface area contributed by atoms with Crippen molar-refractivity contribution >= 4 is 0 Å². The molecule has 55 heavy (non-hydrogen) atoms. The van der Waals surface area contributed by atoms with E-state index in [2.05, 4.69) is 14.5 Å². The minimum Gasteiger partial charge on any atom is -0.394 e. The summed E-state index contributed by atoms with van der Waals surface area (Å²) in [7, 11) is 0. The third-order valence-electron chi connectivity index (χ3n) is 7.27. The summed E-state index contributed by atoms with van der Waals surface area (Å²) in [6, 6.07) is 0. The summed E-state index contributed by atoms with van der Waals surface area (Å²) < 4.78 is 0. The molecule has 31 heteroatoms. The van der Waals surface area contributed by atoms with Gasteiger partial charge in [0, 0.05) is 0 Å². The highest BCUT2D eigenvalue weighted by molar-refractivity contribution is 5.08. The molecule has 338 valence electrons. The van der Waals surface area contributed by atoms with Gasteiger partial charge in [-0.1, -0.05) is 0 Å². The van der Waals surface area contributed by atoms with Crippen LogP contribution < -0.4 is 40.6 Å². The number of nitrogens with two attached hydrogens (primary N) is 7. The van der Waals surface area contributed by atoms with Gasteiger partial charge in [-0.3, -0.25) is 37.4 Å². The van der Waals surface area contributed by atoms with Gasteiger partial charge in [-0.05, 0) is 0 Å². The molecule has 0 aliphatic carbocycles. The summed E-state index contributed by atoms with van der Waals surface area (Å²) in [6.45, 7) is -5.28. The van der Waals surface area contributed by atoms with E-state index in [1.807, 2.05) is 0 Å². The van der Waals surface area contributed by atoms with Gasteiger partial charge in [0.1, 0.15) is 85.5 Å². The standard InChI is InChI=1S/C6H21N7O6.3C6H14O6/c7-4(17-11,3(16)2(15)1-14)5(8,18-12)6(9,10)19-13;3*7-1-3(9)5(11)6(12)4(10)2-8/h2-3,14-16H,1,7-13H2;3*3-12H,1-2H2/t2-,3-,4+,5+;3*3-,4-,5-,6-/m1111/s1. The average Bonchev–Trinajstić information content (AvgIpc) is 3.21. The molecule has 0 aliphatic rings. The van der Waals surface area contributed by atoms with E-state index >= 15 is 0 Å². The van der Waals surface area contributed by atoms with Gasteiger partial charge in [0.2, 0.25) is 17.3 Å². The molecule has 0 aromatic rings. The highest BCUT2D eigenvalue weighted by atomic mass is 16.7. The monoisotopic (exact) mass is 833 g/mol. The van der Waals surface area contributed by atoms with Crippen molar-refractivity contribution in [3.05, 3.63) is 0 Å². The van der Waals surface area contributed by atoms with Crippen molar-refractivity contribution in [3.63, 3.8) is 0 Å². The van der Waals surface area contributed by atoms with Crippen LogP contribution in [0.25, 0.3) is 0 Å². The first-order chi connectivity index (χ1) is 25.2. The SMILES string of the molecule is NOC(N)(N)[C@@](N)(ON)[C@@](N)(ON)[C@H](O)[C@H](O)CO.OC[C@@H](O)[C@@H](O)[C@H](O)[C@H](O)CO.OC[C@@H](O)[C@@H](O)[C@H](O)[C@H](O)CO.OC[C@@H](O)[C@@H](O)[C@H](O)[C@H](O)CO. The van der Waals surface area contributed by atoms with Crippen LogP contribution in [0.15, 0.2) is 0 Å². The van der Waals surface area contributed by atoms with Crippen molar-refractivity contribution in [2.75, 3.05) is 46.2 Å². The zero-order valence-corrected chi connectivity index (χ0v) is 29.2. The number of hydrogen-bond donors (Lipinski definition) is 28. The van der Waals surface area contributed by atoms with E-state index in [9.17, 15) is 10.2 Å². The van der Waals surface area contributed by atoms with Gasteiger partial charge >= 0.3 is 0 Å². The molecule has 0 aliphatic heterocycles. The normalized spacial score (nSPS) is 21.8. The molecule has 0 rings (SSSR count). The minimum atomic E-state index is -2.71. The Morgan fingerprint density at radius 1 is 0.327 bits per heavy atom. The fraction of sp³-hybridized carbons (Fsp3) is 1.00. The third kappa shape index (κ3) is 18.5. The molecule has 16 atom stereocenters. The van der Waals surface area contributed by atoms with Crippen LogP contribution in [-0.2, 0) is 14.5 Å². The van der Waals surface area contributed by atoms with Crippen molar-refractivity contribution in [3.8, 4) is 0 Å². The van der Waals surface area contributed by atoms with Crippen LogP contribution >= 0.6 is 0 Å². The summed E-state index contributed by atoms with van der Waals surface area (Å²) in [4.78, 5) is 12.8. The first kappa shape index (κ1) is 60.4. The molecule has 0 radical (unpaired) electrons. The number of hydrogen-bond acceptors (Lipinski definition) is 31. The molecule has 0 aromatic carbocycles. The van der Waals surface area contributed by atoms with Crippen molar-refractivity contribution in [1.29, 1.82) is 0 Å². The second kappa shape index (κ2) is 29.9. The molecule has 31 nitrogen and oxygen atoms in total. The molecule has 0 aromatic heterocycles. The molecule has 0 amide bonds. The first-order valence-electron chi connectivity index (χ1n) is 15.3. The Labute approximate surface area is 311 Å². The summed E-state index contributed by atoms with van der Waals surface area (Å²) in [6.07, 6.45) is -23.1. The van der Waals surface area contributed by atoms with Crippen LogP contribution in [0.2, 0.25) is 0 Å². The lowest BCUT2D eigenvalue weighted by Crippen LogP contribution is -2.89. The Morgan fingerprint density at radius 2 is 0.527 bits per heavy atom. The number of aliphatic hydroxyl groups is 21. The van der Waals surface area contributed by atoms with Gasteiger partial charge in [-0.25, -0.2) is 17.7 Å². The second-order valence-corrected chi connectivity index (χ2v) is 11.3. The van der Waals surface area contributed by atoms with E-state index in [0.717, 1.165) is 0 Å². The summed E-state index contributed by atoms with van der Waals surface area (Å²) in [5.41, 5.74) is 16.5. The van der Waals surface area contributed by atoms with Gasteiger partial charge in [-0.2, -0.15) is 0 Å². The molecular formula is C24H63N7O24. The van der Waals surface area contributed by atoms with E-state index in [-0.39, 0.29) is 0 Å². The van der Waals surface area contributed by atoms with E-state index in [1.165, 1.54) is 0 Å². The fourth-order valence-corrected chi connectivity index (χ4v) is 3.35. The molecule has 0 heterocycles. The van der Waals surface area contributed by atoms with Crippen LogP contribution in [0.5, 0.6) is 0 Å². The maximum Gasteiger partial charge on any atom is 0.242 e. The molecular weight excluding hydrogens is 770 g/mol. The van der Waals surface area contributed by atoms with E-state index in [1.54, 1.807) is 0 Å². The van der Waals surface area contributed by atoms with Gasteiger partial charge in [0.15, 0.2) is 0 Å². The quantitative estimate of drug-likeness (QED) is 0.0336. The van der Waals surface area contributed by atoms with E-state index in [4.69, 9.17) is 138 Å². The zero-order valence-electron chi connectivity index (χ0n) is 29.2. The van der Waals surface area contributed by atoms with E-state index in [0.29, 0.717) is 0 Å². The van der Waals surface area contributed by atoms with Crippen LogP contribution in [0, 0.1) is 0 Å². The van der Waals surface area contributed by atoms with Crippen molar-refractivity contribution in [2.45, 2.75) is 103 Å². The third-order valence-corrected chi connectivity index (χ3v) is 7.27. The summed E-state index contributed by atoms with van der Waals surface area (Å²) in [5, 5.41) is 184. The highest BCUT2D eigenvalue weighted by Crippen LogP contribution is 2.29. The predicted molar refractivity (Wildman–Crippen MR) is 174 cm³/mol. The second-order valence-electron chi connectivity index (χ2n) is 11.3. The molecule has 0 fully saturated rings. The smallest absolute Gasteiger partial charge is 0.242 e. The first-order valence-corrected chi connectivity index (χ1v) is 15.3. The van der Waals surface area contributed by atoms with Crippen LogP contribution in [-0.4, -0.2) is 256 Å². The topological polar surface area (TPSA) is 635 Å². The van der Waals surface area contributed by atoms with Crippen LogP contribution in [0.3, 0.4) is 0 Å². The lowest BCUT2D eigenvalue weighted by Gasteiger charge is -2.50. The van der Waals surface area contributed by atoms with Gasteiger partial charge in [-0.15, -0.1) is 0 Å². The maximum atomic E-state index is 9.80. The van der Waals surface area contributed by atoms with E-state index < -0.39 is 149 Å². The predicted octanol–water partition coefficient (Wildman–Crippen LogP) is -17.5. The summed E-state index contributed by atoms with van der Waals surface area (Å²) >= 11 is 0. The summed E-state index contributed by atoms with van der Waals surface area (Å²) in [5.74, 6) is 12.1. The Balaban J connectivity index is -0.000000323. The Bertz CT molecular complexity index is 824. The Kier molecular flexibility index (Phi) is 32.9. The maximum absolute atomic E-state index is 9.80. The largest absolute Gasteiger partial charge is 0.394 e. The fourth-order valence-electron chi connectivity index (χ4n) is 3.35. The minimum absolute atomic E-state index is 0.726. The molecule has 0 saturated carbocycles. The Hall–Kier alpha value is -1.24. The molecule has 0 saturated heterocycles. The zero-order chi connectivity index (χ0) is 44.7. The van der Waals surface area contributed by atoms with Gasteiger partial charge in [0.05, 0.1) is 46.2 Å².